The normalized spacial score (nSPS) is 11.4. The summed E-state index contributed by atoms with van der Waals surface area (Å²) in [5, 5.41) is 5.37. The monoisotopic (exact) mass is 598 g/mol. The topological polar surface area (TPSA) is 108 Å². The average Bonchev–Trinajstić information content (AvgIpc) is 2.98. The first-order valence-corrected chi connectivity index (χ1v) is 13.1. The van der Waals surface area contributed by atoms with Crippen molar-refractivity contribution in [2.45, 2.75) is 12.6 Å². The second kappa shape index (κ2) is 13.4. The molecule has 2 heterocycles. The van der Waals surface area contributed by atoms with Crippen LogP contribution < -0.4 is 20.3 Å². The number of aromatic nitrogens is 4. The molecule has 0 unspecified atom stereocenters. The molecule has 0 saturated heterocycles. The molecule has 43 heavy (non-hydrogen) atoms. The van der Waals surface area contributed by atoms with Crippen molar-refractivity contribution in [1.29, 1.82) is 0 Å². The Labute approximate surface area is 245 Å². The third kappa shape index (κ3) is 7.92. The first-order valence-electron chi connectivity index (χ1n) is 13.1. The number of hydrogen-bond donors (Lipinski definition) is 2. The Morgan fingerprint density at radius 1 is 1.00 bits per heavy atom. The van der Waals surface area contributed by atoms with E-state index in [1.807, 2.05) is 19.0 Å². The summed E-state index contributed by atoms with van der Waals surface area (Å²) in [5.74, 6) is -1.35. The maximum atomic E-state index is 14.8. The lowest BCUT2D eigenvalue weighted by atomic mass is 10.1. The molecule has 0 aliphatic heterocycles. The number of anilines is 3. The van der Waals surface area contributed by atoms with E-state index in [-0.39, 0.29) is 28.7 Å². The molecule has 0 saturated carbocycles. The van der Waals surface area contributed by atoms with Crippen LogP contribution in [0, 0.1) is 5.82 Å². The molecular formula is C29H30F4N8O2. The van der Waals surface area contributed by atoms with Gasteiger partial charge in [-0.3, -0.25) is 4.79 Å². The molecule has 0 bridgehead atoms. The van der Waals surface area contributed by atoms with Crippen molar-refractivity contribution in [3.05, 3.63) is 78.0 Å². The van der Waals surface area contributed by atoms with E-state index in [1.165, 1.54) is 30.7 Å². The summed E-state index contributed by atoms with van der Waals surface area (Å²) in [6, 6.07) is 9.83. The highest BCUT2D eigenvalue weighted by Crippen LogP contribution is 2.35. The van der Waals surface area contributed by atoms with Crippen LogP contribution in [-0.4, -0.2) is 72.0 Å². The van der Waals surface area contributed by atoms with E-state index in [4.69, 9.17) is 4.74 Å². The molecule has 2 aromatic carbocycles. The average molecular weight is 599 g/mol. The second-order valence-electron chi connectivity index (χ2n) is 9.75. The Morgan fingerprint density at radius 3 is 2.51 bits per heavy atom. The van der Waals surface area contributed by atoms with Crippen molar-refractivity contribution in [1.82, 2.24) is 24.8 Å². The number of nitrogens with zero attached hydrogens (tertiary/aromatic N) is 6. The predicted octanol–water partition coefficient (Wildman–Crippen LogP) is 5.57. The lowest BCUT2D eigenvalue weighted by Gasteiger charge is -2.24. The third-order valence-electron chi connectivity index (χ3n) is 6.28. The number of ether oxygens (including phenoxy) is 1. The molecule has 1 amide bonds. The highest BCUT2D eigenvalue weighted by molar-refractivity contribution is 6.08. The van der Waals surface area contributed by atoms with Crippen molar-refractivity contribution in [3.63, 3.8) is 0 Å². The van der Waals surface area contributed by atoms with Crippen molar-refractivity contribution in [3.8, 4) is 23.0 Å². The van der Waals surface area contributed by atoms with Crippen LogP contribution in [-0.2, 0) is 6.18 Å². The number of hydrogen-bond acceptors (Lipinski definition) is 9. The van der Waals surface area contributed by atoms with E-state index in [0.717, 1.165) is 31.2 Å². The number of amides is 1. The van der Waals surface area contributed by atoms with Crippen LogP contribution in [0.1, 0.15) is 22.3 Å². The summed E-state index contributed by atoms with van der Waals surface area (Å²) >= 11 is 0. The molecular weight excluding hydrogens is 568 g/mol. The lowest BCUT2D eigenvalue weighted by Crippen LogP contribution is -2.26. The predicted molar refractivity (Wildman–Crippen MR) is 155 cm³/mol. The summed E-state index contributed by atoms with van der Waals surface area (Å²) < 4.78 is 61.3. The number of rotatable bonds is 11. The Bertz CT molecular complexity index is 1580. The van der Waals surface area contributed by atoms with Crippen LogP contribution >= 0.6 is 0 Å². The van der Waals surface area contributed by atoms with E-state index < -0.39 is 23.5 Å². The molecule has 14 heteroatoms. The van der Waals surface area contributed by atoms with Crippen LogP contribution in [0.25, 0.3) is 11.4 Å². The number of alkyl halides is 3. The van der Waals surface area contributed by atoms with Crippen molar-refractivity contribution in [2.24, 2.45) is 0 Å². The number of carbonyl (C=O) groups is 1. The molecule has 4 rings (SSSR count). The molecule has 0 aliphatic rings. The van der Waals surface area contributed by atoms with Gasteiger partial charge in [0.1, 0.15) is 6.33 Å². The number of benzene rings is 2. The lowest BCUT2D eigenvalue weighted by molar-refractivity contribution is -0.137. The van der Waals surface area contributed by atoms with E-state index in [0.29, 0.717) is 23.7 Å². The highest BCUT2D eigenvalue weighted by Gasteiger charge is 2.32. The maximum absolute atomic E-state index is 14.8. The van der Waals surface area contributed by atoms with Crippen LogP contribution in [0.2, 0.25) is 0 Å². The molecule has 10 nitrogen and oxygen atoms in total. The van der Waals surface area contributed by atoms with Crippen LogP contribution in [0.5, 0.6) is 11.6 Å². The van der Waals surface area contributed by atoms with Gasteiger partial charge in [0.05, 0.1) is 16.7 Å². The zero-order chi connectivity index (χ0) is 31.1. The molecule has 0 atom stereocenters. The van der Waals surface area contributed by atoms with E-state index in [1.54, 1.807) is 31.1 Å². The van der Waals surface area contributed by atoms with Crippen molar-refractivity contribution in [2.75, 3.05) is 56.8 Å². The van der Waals surface area contributed by atoms with Gasteiger partial charge in [-0.2, -0.15) is 18.2 Å². The Balaban J connectivity index is 1.62. The third-order valence-corrected chi connectivity index (χ3v) is 6.28. The number of nitrogens with one attached hydrogen (secondary N) is 2. The summed E-state index contributed by atoms with van der Waals surface area (Å²) in [7, 11) is 7.17. The zero-order valence-electron chi connectivity index (χ0n) is 23.9. The number of carbonyl (C=O) groups excluding carboxylic acids is 1. The fraction of sp³-hybridized carbons (Fsp3) is 0.276. The van der Waals surface area contributed by atoms with Gasteiger partial charge in [-0.1, -0.05) is 0 Å². The number of pyridine rings is 1. The maximum Gasteiger partial charge on any atom is 0.416 e. The van der Waals surface area contributed by atoms with Gasteiger partial charge in [-0.15, -0.1) is 0 Å². The smallest absolute Gasteiger partial charge is 0.416 e. The van der Waals surface area contributed by atoms with Crippen molar-refractivity contribution >= 4 is 23.2 Å². The van der Waals surface area contributed by atoms with Crippen molar-refractivity contribution < 1.29 is 27.1 Å². The van der Waals surface area contributed by atoms with E-state index >= 15 is 0 Å². The molecule has 226 valence electrons. The number of halogens is 4. The molecule has 0 spiro atoms. The van der Waals surface area contributed by atoms with Gasteiger partial charge in [0, 0.05) is 44.3 Å². The molecule has 4 aromatic rings. The van der Waals surface area contributed by atoms with Gasteiger partial charge < -0.3 is 25.2 Å². The Morgan fingerprint density at radius 2 is 1.79 bits per heavy atom. The molecule has 0 aliphatic carbocycles. The van der Waals surface area contributed by atoms with Crippen LogP contribution in [0.4, 0.5) is 34.9 Å². The molecule has 2 aromatic heterocycles. The Kier molecular flexibility index (Phi) is 9.70. The summed E-state index contributed by atoms with van der Waals surface area (Å²) in [6.07, 6.45) is -1.20. The van der Waals surface area contributed by atoms with Gasteiger partial charge in [0.2, 0.25) is 11.8 Å². The minimum absolute atomic E-state index is 0.0161. The molecule has 0 radical (unpaired) electrons. The molecule has 2 N–H and O–H groups in total. The summed E-state index contributed by atoms with van der Waals surface area (Å²) in [5.41, 5.74) is -0.389. The molecule has 0 fully saturated rings. The van der Waals surface area contributed by atoms with Crippen LogP contribution in [0.15, 0.2) is 61.1 Å². The fourth-order valence-electron chi connectivity index (χ4n) is 4.12. The standard InChI is InChI=1S/C29H30F4N8O2/c1-34-28-37-17-36-25(39-28)20-7-5-12-35-27(20)43-24-16-19(9-10-22(24)30)38-26(42)21-15-18(29(31,32)33)8-11-23(21)41(4)14-6-13-40(2)3/h5,7-12,15-17H,6,13-14H2,1-4H3,(H,38,42)(H,34,36,37,39). The zero-order valence-corrected chi connectivity index (χ0v) is 23.9. The van der Waals surface area contributed by atoms with Crippen LogP contribution in [0.3, 0.4) is 0 Å². The van der Waals surface area contributed by atoms with E-state index in [9.17, 15) is 22.4 Å². The van der Waals surface area contributed by atoms with Gasteiger partial charge in [-0.05, 0) is 69.5 Å². The van der Waals surface area contributed by atoms with Gasteiger partial charge >= 0.3 is 6.18 Å². The minimum atomic E-state index is -4.65. The van der Waals surface area contributed by atoms with E-state index in [2.05, 4.69) is 30.6 Å². The first kappa shape index (κ1) is 31.1. The second-order valence-corrected chi connectivity index (χ2v) is 9.75. The largest absolute Gasteiger partial charge is 0.435 e. The van der Waals surface area contributed by atoms with Gasteiger partial charge in [-0.25, -0.2) is 19.3 Å². The summed E-state index contributed by atoms with van der Waals surface area (Å²) in [4.78, 5) is 33.6. The quantitative estimate of drug-likeness (QED) is 0.214. The fourth-order valence-corrected chi connectivity index (χ4v) is 4.12. The highest BCUT2D eigenvalue weighted by atomic mass is 19.4. The van der Waals surface area contributed by atoms with Gasteiger partial charge in [0.25, 0.3) is 5.91 Å². The summed E-state index contributed by atoms with van der Waals surface area (Å²) in [6.45, 7) is 1.26. The first-order chi connectivity index (χ1) is 20.5. The SMILES string of the molecule is CNc1ncnc(-c2cccnc2Oc2cc(NC(=O)c3cc(C(F)(F)F)ccc3N(C)CCCN(C)C)ccc2F)n1. The Hall–Kier alpha value is -4.85. The minimum Gasteiger partial charge on any atom is -0.435 e. The van der Waals surface area contributed by atoms with Gasteiger partial charge in [0.15, 0.2) is 17.4 Å².